The van der Waals surface area contributed by atoms with Gasteiger partial charge in [-0.3, -0.25) is 9.59 Å². The van der Waals surface area contributed by atoms with E-state index in [-0.39, 0.29) is 16.6 Å². The molecule has 0 radical (unpaired) electrons. The number of nitrogens with one attached hydrogen (secondary N) is 1. The SMILES string of the molecule is CNN1C(=O)C=C(SC(C)(C)C)C1=O. The lowest BCUT2D eigenvalue weighted by Crippen LogP contribution is -2.40. The predicted molar refractivity (Wildman–Crippen MR) is 56.3 cm³/mol. The molecule has 1 rings (SSSR count). The van der Waals surface area contributed by atoms with Crippen molar-refractivity contribution in [3.63, 3.8) is 0 Å². The van der Waals surface area contributed by atoms with Crippen molar-refractivity contribution in [2.24, 2.45) is 0 Å². The lowest BCUT2D eigenvalue weighted by atomic mass is 10.3. The second-order valence-electron chi connectivity index (χ2n) is 3.93. The molecule has 78 valence electrons. The summed E-state index contributed by atoms with van der Waals surface area (Å²) < 4.78 is -0.0640. The Kier molecular flexibility index (Phi) is 3.01. The van der Waals surface area contributed by atoms with Crippen molar-refractivity contribution >= 4 is 23.6 Å². The van der Waals surface area contributed by atoms with E-state index in [4.69, 9.17) is 0 Å². The first-order valence-electron chi connectivity index (χ1n) is 4.31. The maximum atomic E-state index is 11.6. The molecule has 4 nitrogen and oxygen atoms in total. The largest absolute Gasteiger partial charge is 0.281 e. The van der Waals surface area contributed by atoms with Crippen molar-refractivity contribution in [1.82, 2.24) is 10.4 Å². The summed E-state index contributed by atoms with van der Waals surface area (Å²) in [5, 5.41) is 1.01. The molecule has 1 N–H and O–H groups in total. The second-order valence-corrected chi connectivity index (χ2v) is 5.79. The van der Waals surface area contributed by atoms with E-state index in [9.17, 15) is 9.59 Å². The van der Waals surface area contributed by atoms with Crippen molar-refractivity contribution < 1.29 is 9.59 Å². The molecule has 0 aromatic rings. The molecular formula is C9H14N2O2S. The molecule has 0 aliphatic carbocycles. The first-order chi connectivity index (χ1) is 6.35. The fourth-order valence-electron chi connectivity index (χ4n) is 1.06. The molecule has 0 bridgehead atoms. The van der Waals surface area contributed by atoms with E-state index in [1.807, 2.05) is 20.8 Å². The van der Waals surface area contributed by atoms with Crippen LogP contribution in [0.15, 0.2) is 11.0 Å². The molecule has 0 spiro atoms. The van der Waals surface area contributed by atoms with Gasteiger partial charge in [-0.25, -0.2) is 10.4 Å². The molecule has 0 atom stereocenters. The fourth-order valence-corrected chi connectivity index (χ4v) is 2.06. The van der Waals surface area contributed by atoms with Crippen molar-refractivity contribution in [2.45, 2.75) is 25.5 Å². The molecule has 0 aromatic heterocycles. The third kappa shape index (κ3) is 2.36. The number of nitrogens with zero attached hydrogens (tertiary/aromatic N) is 1. The van der Waals surface area contributed by atoms with Crippen molar-refractivity contribution in [2.75, 3.05) is 7.05 Å². The summed E-state index contributed by atoms with van der Waals surface area (Å²) in [6.45, 7) is 5.99. The molecule has 1 aliphatic rings. The van der Waals surface area contributed by atoms with Gasteiger partial charge in [-0.05, 0) is 0 Å². The van der Waals surface area contributed by atoms with E-state index in [0.29, 0.717) is 4.91 Å². The van der Waals surface area contributed by atoms with Gasteiger partial charge in [0.15, 0.2) is 0 Å². The molecule has 0 unspecified atom stereocenters. The van der Waals surface area contributed by atoms with E-state index in [2.05, 4.69) is 5.43 Å². The Balaban J connectivity index is 2.79. The first-order valence-corrected chi connectivity index (χ1v) is 5.13. The summed E-state index contributed by atoms with van der Waals surface area (Å²) in [4.78, 5) is 23.3. The van der Waals surface area contributed by atoms with Gasteiger partial charge in [0.2, 0.25) is 0 Å². The van der Waals surface area contributed by atoms with Crippen LogP contribution in [0.4, 0.5) is 0 Å². The molecule has 1 heterocycles. The van der Waals surface area contributed by atoms with Crippen LogP contribution < -0.4 is 5.43 Å². The van der Waals surface area contributed by atoms with Crippen LogP contribution in [0.5, 0.6) is 0 Å². The molecule has 0 saturated heterocycles. The maximum absolute atomic E-state index is 11.6. The van der Waals surface area contributed by atoms with Gasteiger partial charge >= 0.3 is 0 Å². The molecule has 5 heteroatoms. The Labute approximate surface area is 87.7 Å². The highest BCUT2D eigenvalue weighted by Gasteiger charge is 2.32. The van der Waals surface area contributed by atoms with E-state index in [0.717, 1.165) is 5.01 Å². The zero-order chi connectivity index (χ0) is 10.9. The van der Waals surface area contributed by atoms with Crippen molar-refractivity contribution in [3.8, 4) is 0 Å². The molecule has 0 fully saturated rings. The second kappa shape index (κ2) is 3.74. The van der Waals surface area contributed by atoms with Crippen LogP contribution in [-0.4, -0.2) is 28.6 Å². The minimum Gasteiger partial charge on any atom is -0.268 e. The monoisotopic (exact) mass is 214 g/mol. The van der Waals surface area contributed by atoms with Crippen molar-refractivity contribution in [1.29, 1.82) is 0 Å². The van der Waals surface area contributed by atoms with E-state index in [1.54, 1.807) is 7.05 Å². The van der Waals surface area contributed by atoms with Gasteiger partial charge in [-0.2, -0.15) is 0 Å². The Morgan fingerprint density at radius 1 is 1.36 bits per heavy atom. The van der Waals surface area contributed by atoms with Crippen LogP contribution in [0.2, 0.25) is 0 Å². The summed E-state index contributed by atoms with van der Waals surface area (Å²) in [6, 6.07) is 0. The zero-order valence-corrected chi connectivity index (χ0v) is 9.57. The number of imide groups is 1. The van der Waals surface area contributed by atoms with Gasteiger partial charge < -0.3 is 0 Å². The average Bonchev–Trinajstić information content (AvgIpc) is 2.24. The van der Waals surface area contributed by atoms with Gasteiger partial charge in [-0.1, -0.05) is 20.8 Å². The van der Waals surface area contributed by atoms with E-state index in [1.165, 1.54) is 17.8 Å². The van der Waals surface area contributed by atoms with Gasteiger partial charge in [0.1, 0.15) is 0 Å². The van der Waals surface area contributed by atoms with Crippen LogP contribution in [0.25, 0.3) is 0 Å². The number of hydrogen-bond donors (Lipinski definition) is 1. The number of thioether (sulfide) groups is 1. The highest BCUT2D eigenvalue weighted by atomic mass is 32.2. The Hall–Kier alpha value is -0.810. The summed E-state index contributed by atoms with van der Waals surface area (Å²) in [6.07, 6.45) is 1.37. The van der Waals surface area contributed by atoms with Crippen LogP contribution in [0.3, 0.4) is 0 Å². The standard InChI is InChI=1S/C9H14N2O2S/c1-9(2,3)14-6-5-7(12)11(10-4)8(6)13/h5,10H,1-4H3. The summed E-state index contributed by atoms with van der Waals surface area (Å²) in [5.41, 5.74) is 2.55. The Morgan fingerprint density at radius 2 is 1.93 bits per heavy atom. The zero-order valence-electron chi connectivity index (χ0n) is 8.75. The van der Waals surface area contributed by atoms with Gasteiger partial charge in [0, 0.05) is 17.9 Å². The topological polar surface area (TPSA) is 49.4 Å². The molecule has 0 saturated carbocycles. The van der Waals surface area contributed by atoms with E-state index < -0.39 is 0 Å². The third-order valence-corrected chi connectivity index (χ3v) is 2.65. The predicted octanol–water partition coefficient (Wildman–Crippen LogP) is 0.905. The van der Waals surface area contributed by atoms with Crippen LogP contribution in [0.1, 0.15) is 20.8 Å². The number of rotatable bonds is 2. The third-order valence-electron chi connectivity index (χ3n) is 1.53. The normalized spacial score (nSPS) is 17.7. The Morgan fingerprint density at radius 3 is 2.29 bits per heavy atom. The summed E-state index contributed by atoms with van der Waals surface area (Å²) in [5.74, 6) is -0.568. The lowest BCUT2D eigenvalue weighted by Gasteiger charge is -2.18. The highest BCUT2D eigenvalue weighted by molar-refractivity contribution is 8.05. The number of hydrazine groups is 1. The quantitative estimate of drug-likeness (QED) is 0.694. The molecule has 2 amide bonds. The number of carbonyl (C=O) groups is 2. The van der Waals surface area contributed by atoms with Crippen LogP contribution >= 0.6 is 11.8 Å². The lowest BCUT2D eigenvalue weighted by molar-refractivity contribution is -0.140. The van der Waals surface area contributed by atoms with Crippen LogP contribution in [-0.2, 0) is 9.59 Å². The van der Waals surface area contributed by atoms with Crippen molar-refractivity contribution in [3.05, 3.63) is 11.0 Å². The van der Waals surface area contributed by atoms with Gasteiger partial charge in [-0.15, -0.1) is 11.8 Å². The molecular weight excluding hydrogens is 200 g/mol. The minimum atomic E-state index is -0.302. The van der Waals surface area contributed by atoms with E-state index >= 15 is 0 Å². The summed E-state index contributed by atoms with van der Waals surface area (Å²) in [7, 11) is 1.55. The highest BCUT2D eigenvalue weighted by Crippen LogP contribution is 2.34. The van der Waals surface area contributed by atoms with Gasteiger partial charge in [0.05, 0.1) is 4.91 Å². The van der Waals surface area contributed by atoms with Crippen LogP contribution in [0, 0.1) is 0 Å². The number of amides is 2. The minimum absolute atomic E-state index is 0.0640. The van der Waals surface area contributed by atoms with Gasteiger partial charge in [0.25, 0.3) is 11.8 Å². The molecule has 14 heavy (non-hydrogen) atoms. The summed E-state index contributed by atoms with van der Waals surface area (Å²) >= 11 is 1.40. The maximum Gasteiger partial charge on any atom is 0.281 e. The smallest absolute Gasteiger partial charge is 0.268 e. The Bertz CT molecular complexity index is 304. The average molecular weight is 214 g/mol. The molecule has 0 aromatic carbocycles. The number of carbonyl (C=O) groups excluding carboxylic acids is 2. The number of hydrogen-bond acceptors (Lipinski definition) is 4. The molecule has 1 aliphatic heterocycles. The first kappa shape index (κ1) is 11.3. The fraction of sp³-hybridized carbons (Fsp3) is 0.556.